The summed E-state index contributed by atoms with van der Waals surface area (Å²) in [6, 6.07) is 6.61. The fourth-order valence-corrected chi connectivity index (χ4v) is 3.22. The Morgan fingerprint density at radius 1 is 1.23 bits per heavy atom. The van der Waals surface area contributed by atoms with Crippen LogP contribution in [0.5, 0.6) is 11.5 Å². The Bertz CT molecular complexity index is 469. The van der Waals surface area contributed by atoms with Crippen LogP contribution in [0.2, 0.25) is 0 Å². The summed E-state index contributed by atoms with van der Waals surface area (Å²) in [6.45, 7) is 10.5. The average Bonchev–Trinajstić information content (AvgIpc) is 2.55. The molecule has 1 N–H and O–H groups in total. The Morgan fingerprint density at radius 2 is 2.00 bits per heavy atom. The third-order valence-corrected chi connectivity index (χ3v) is 4.78. The van der Waals surface area contributed by atoms with E-state index in [2.05, 4.69) is 38.2 Å². The lowest BCUT2D eigenvalue weighted by Crippen LogP contribution is -2.43. The number of rotatable bonds is 8. The average molecular weight is 305 g/mol. The maximum absolute atomic E-state index is 6.39. The van der Waals surface area contributed by atoms with Gasteiger partial charge < -0.3 is 14.8 Å². The molecule has 2 rings (SSSR count). The lowest BCUT2D eigenvalue weighted by molar-refractivity contribution is 0.0226. The minimum absolute atomic E-state index is 0.0377. The number of fused-ring (bicyclic) bond motifs is 1. The van der Waals surface area contributed by atoms with Crippen molar-refractivity contribution in [3.8, 4) is 11.5 Å². The van der Waals surface area contributed by atoms with Crippen LogP contribution in [-0.4, -0.2) is 18.8 Å². The summed E-state index contributed by atoms with van der Waals surface area (Å²) in [6.07, 6.45) is 5.55. The highest BCUT2D eigenvalue weighted by atomic mass is 16.5. The Kier molecular flexibility index (Phi) is 6.13. The van der Waals surface area contributed by atoms with E-state index in [1.165, 1.54) is 18.4 Å². The van der Waals surface area contributed by atoms with Crippen LogP contribution in [-0.2, 0) is 0 Å². The van der Waals surface area contributed by atoms with Crippen molar-refractivity contribution in [1.82, 2.24) is 5.32 Å². The fourth-order valence-electron chi connectivity index (χ4n) is 3.22. The normalized spacial score (nSPS) is 19.4. The van der Waals surface area contributed by atoms with Gasteiger partial charge in [0.1, 0.15) is 17.1 Å². The molecule has 124 valence electrons. The molecule has 0 radical (unpaired) electrons. The zero-order valence-corrected chi connectivity index (χ0v) is 14.6. The first kappa shape index (κ1) is 17.1. The third kappa shape index (κ3) is 3.75. The van der Waals surface area contributed by atoms with Crippen LogP contribution in [0.15, 0.2) is 18.2 Å². The summed E-state index contributed by atoms with van der Waals surface area (Å²) in [5.74, 6) is 1.96. The van der Waals surface area contributed by atoms with Crippen molar-refractivity contribution in [2.45, 2.75) is 71.4 Å². The molecule has 0 fully saturated rings. The number of ether oxygens (including phenoxy) is 2. The van der Waals surface area contributed by atoms with E-state index in [-0.39, 0.29) is 5.60 Å². The monoisotopic (exact) mass is 305 g/mol. The molecule has 1 unspecified atom stereocenters. The van der Waals surface area contributed by atoms with Gasteiger partial charge in [-0.1, -0.05) is 27.2 Å². The number of benzene rings is 1. The SMILES string of the molecule is CCCCNC1CC(CC)(CC)Oc2ccc(OCC)cc21. The second-order valence-electron chi connectivity index (χ2n) is 6.19. The summed E-state index contributed by atoms with van der Waals surface area (Å²) >= 11 is 0. The minimum Gasteiger partial charge on any atom is -0.494 e. The van der Waals surface area contributed by atoms with Gasteiger partial charge in [0.2, 0.25) is 0 Å². The summed E-state index contributed by atoms with van der Waals surface area (Å²) in [5.41, 5.74) is 1.21. The molecule has 22 heavy (non-hydrogen) atoms. The third-order valence-electron chi connectivity index (χ3n) is 4.78. The van der Waals surface area contributed by atoms with Crippen molar-refractivity contribution < 1.29 is 9.47 Å². The van der Waals surface area contributed by atoms with Crippen LogP contribution in [0, 0.1) is 0 Å². The van der Waals surface area contributed by atoms with Crippen molar-refractivity contribution in [1.29, 1.82) is 0 Å². The topological polar surface area (TPSA) is 30.5 Å². The number of hydrogen-bond donors (Lipinski definition) is 1. The zero-order valence-electron chi connectivity index (χ0n) is 14.6. The summed E-state index contributed by atoms with van der Waals surface area (Å²) in [5, 5.41) is 3.74. The van der Waals surface area contributed by atoms with E-state index in [0.717, 1.165) is 37.3 Å². The fraction of sp³-hybridized carbons (Fsp3) is 0.684. The first-order valence-corrected chi connectivity index (χ1v) is 8.87. The van der Waals surface area contributed by atoms with Gasteiger partial charge in [0.05, 0.1) is 6.61 Å². The summed E-state index contributed by atoms with van der Waals surface area (Å²) in [7, 11) is 0. The lowest BCUT2D eigenvalue weighted by Gasteiger charge is -2.42. The highest BCUT2D eigenvalue weighted by Gasteiger charge is 2.38. The van der Waals surface area contributed by atoms with Gasteiger partial charge in [-0.15, -0.1) is 0 Å². The molecule has 1 aromatic carbocycles. The van der Waals surface area contributed by atoms with Crippen molar-refractivity contribution >= 4 is 0 Å². The quantitative estimate of drug-likeness (QED) is 0.696. The van der Waals surface area contributed by atoms with Gasteiger partial charge in [0.25, 0.3) is 0 Å². The largest absolute Gasteiger partial charge is 0.494 e. The molecular weight excluding hydrogens is 274 g/mol. The Labute approximate surface area is 135 Å². The molecule has 0 aromatic heterocycles. The van der Waals surface area contributed by atoms with E-state index in [1.54, 1.807) is 0 Å². The molecule has 1 aromatic rings. The van der Waals surface area contributed by atoms with Crippen molar-refractivity contribution in [2.75, 3.05) is 13.2 Å². The lowest BCUT2D eigenvalue weighted by atomic mass is 9.83. The standard InChI is InChI=1S/C19H31NO2/c1-5-9-12-20-17-14-19(6-2,7-3)22-18-11-10-15(21-8-4)13-16(17)18/h10-11,13,17,20H,5-9,12,14H2,1-4H3. The predicted molar refractivity (Wildman–Crippen MR) is 91.8 cm³/mol. The predicted octanol–water partition coefficient (Wildman–Crippen LogP) is 4.86. The van der Waals surface area contributed by atoms with Crippen LogP contribution in [0.1, 0.15) is 71.4 Å². The molecule has 0 bridgehead atoms. The molecule has 3 nitrogen and oxygen atoms in total. The van der Waals surface area contributed by atoms with Gasteiger partial charge in [-0.3, -0.25) is 0 Å². The van der Waals surface area contributed by atoms with Gasteiger partial charge in [-0.25, -0.2) is 0 Å². The van der Waals surface area contributed by atoms with E-state index in [1.807, 2.05) is 13.0 Å². The summed E-state index contributed by atoms with van der Waals surface area (Å²) < 4.78 is 12.1. The van der Waals surface area contributed by atoms with E-state index in [0.29, 0.717) is 12.6 Å². The molecule has 1 aliphatic rings. The second kappa shape index (κ2) is 7.87. The highest BCUT2D eigenvalue weighted by Crippen LogP contribution is 2.44. The first-order valence-electron chi connectivity index (χ1n) is 8.87. The van der Waals surface area contributed by atoms with Gasteiger partial charge >= 0.3 is 0 Å². The minimum atomic E-state index is -0.0377. The van der Waals surface area contributed by atoms with E-state index in [4.69, 9.17) is 9.47 Å². The molecule has 3 heteroatoms. The van der Waals surface area contributed by atoms with E-state index >= 15 is 0 Å². The molecule has 0 spiro atoms. The van der Waals surface area contributed by atoms with Crippen LogP contribution < -0.4 is 14.8 Å². The Balaban J connectivity index is 2.28. The Hall–Kier alpha value is -1.22. The van der Waals surface area contributed by atoms with E-state index in [9.17, 15) is 0 Å². The molecule has 0 aliphatic carbocycles. The second-order valence-corrected chi connectivity index (χ2v) is 6.19. The van der Waals surface area contributed by atoms with Crippen LogP contribution in [0.4, 0.5) is 0 Å². The molecular formula is C19H31NO2. The number of nitrogens with one attached hydrogen (secondary N) is 1. The molecule has 0 saturated heterocycles. The van der Waals surface area contributed by atoms with Crippen molar-refractivity contribution in [2.24, 2.45) is 0 Å². The van der Waals surface area contributed by atoms with Crippen LogP contribution in [0.25, 0.3) is 0 Å². The molecule has 1 atom stereocenters. The zero-order chi connectivity index (χ0) is 16.0. The van der Waals surface area contributed by atoms with Crippen molar-refractivity contribution in [3.05, 3.63) is 23.8 Å². The molecule has 1 aliphatic heterocycles. The smallest absolute Gasteiger partial charge is 0.125 e. The first-order chi connectivity index (χ1) is 10.7. The number of hydrogen-bond acceptors (Lipinski definition) is 3. The Morgan fingerprint density at radius 3 is 2.64 bits per heavy atom. The molecule has 0 amide bonds. The van der Waals surface area contributed by atoms with Gasteiger partial charge in [-0.2, -0.15) is 0 Å². The maximum atomic E-state index is 6.39. The summed E-state index contributed by atoms with van der Waals surface area (Å²) in [4.78, 5) is 0. The maximum Gasteiger partial charge on any atom is 0.125 e. The number of unbranched alkanes of at least 4 members (excludes halogenated alkanes) is 1. The van der Waals surface area contributed by atoms with E-state index < -0.39 is 0 Å². The van der Waals surface area contributed by atoms with Crippen molar-refractivity contribution in [3.63, 3.8) is 0 Å². The van der Waals surface area contributed by atoms with Gasteiger partial charge in [0.15, 0.2) is 0 Å². The van der Waals surface area contributed by atoms with Gasteiger partial charge in [0, 0.05) is 18.0 Å². The highest BCUT2D eigenvalue weighted by molar-refractivity contribution is 5.44. The van der Waals surface area contributed by atoms with Gasteiger partial charge in [-0.05, 0) is 50.9 Å². The van der Waals surface area contributed by atoms with Crippen LogP contribution in [0.3, 0.4) is 0 Å². The molecule has 0 saturated carbocycles. The van der Waals surface area contributed by atoms with Crippen LogP contribution >= 0.6 is 0 Å². The molecule has 1 heterocycles.